The predicted molar refractivity (Wildman–Crippen MR) is 87.0 cm³/mol. The molecule has 1 saturated heterocycles. The highest BCUT2D eigenvalue weighted by atomic mass is 16.6. The lowest BCUT2D eigenvalue weighted by Gasteiger charge is -2.26. The number of nitro benzene ring substituents is 1. The maximum atomic E-state index is 11.2. The van der Waals surface area contributed by atoms with E-state index in [1.807, 2.05) is 0 Å². The van der Waals surface area contributed by atoms with Crippen LogP contribution in [0.25, 0.3) is 0 Å². The molecule has 0 atom stereocenters. The van der Waals surface area contributed by atoms with Crippen molar-refractivity contribution in [1.29, 1.82) is 0 Å². The molecule has 1 amide bonds. The van der Waals surface area contributed by atoms with Gasteiger partial charge in [-0.1, -0.05) is 6.42 Å². The lowest BCUT2D eigenvalue weighted by molar-refractivity contribution is -0.384. The number of amides is 1. The Morgan fingerprint density at radius 1 is 1.35 bits per heavy atom. The minimum absolute atomic E-state index is 0.106. The van der Waals surface area contributed by atoms with E-state index in [2.05, 4.69) is 15.5 Å². The molecule has 23 heavy (non-hydrogen) atoms. The molecule has 1 aliphatic rings. The van der Waals surface area contributed by atoms with Crippen LogP contribution in [0.2, 0.25) is 0 Å². The molecule has 126 valence electrons. The Morgan fingerprint density at radius 2 is 2.09 bits per heavy atom. The molecule has 8 nitrogen and oxygen atoms in total. The van der Waals surface area contributed by atoms with E-state index >= 15 is 0 Å². The number of carbonyl (C=O) groups excluding carboxylic acids is 1. The van der Waals surface area contributed by atoms with Crippen LogP contribution < -0.4 is 15.4 Å². The van der Waals surface area contributed by atoms with Gasteiger partial charge in [0.2, 0.25) is 0 Å². The summed E-state index contributed by atoms with van der Waals surface area (Å²) in [5.41, 5.74) is 0.321. The molecular weight excluding hydrogens is 300 g/mol. The van der Waals surface area contributed by atoms with Crippen molar-refractivity contribution in [1.82, 2.24) is 10.2 Å². The largest absolute Gasteiger partial charge is 0.412 e. The topological polar surface area (TPSA) is 96.7 Å². The Morgan fingerprint density at radius 3 is 2.74 bits per heavy atom. The van der Waals surface area contributed by atoms with Crippen molar-refractivity contribution in [3.8, 4) is 5.75 Å². The average Bonchev–Trinajstić information content (AvgIpc) is 2.56. The van der Waals surface area contributed by atoms with Gasteiger partial charge in [-0.3, -0.25) is 10.1 Å². The Bertz CT molecular complexity index is 558. The van der Waals surface area contributed by atoms with E-state index < -0.39 is 11.0 Å². The maximum absolute atomic E-state index is 11.2. The highest BCUT2D eigenvalue weighted by Gasteiger charge is 2.17. The Kier molecular flexibility index (Phi) is 6.16. The summed E-state index contributed by atoms with van der Waals surface area (Å²) in [4.78, 5) is 24.2. The Balaban J connectivity index is 1.96. The van der Waals surface area contributed by atoms with Crippen LogP contribution in [-0.4, -0.2) is 49.1 Å². The number of nitrogens with zero attached hydrogens (tertiary/aromatic N) is 2. The number of benzene rings is 1. The molecule has 8 heteroatoms. The molecule has 0 unspecified atom stereocenters. The number of rotatable bonds is 6. The molecule has 0 aromatic heterocycles. The van der Waals surface area contributed by atoms with Gasteiger partial charge in [-0.15, -0.1) is 0 Å². The van der Waals surface area contributed by atoms with Gasteiger partial charge >= 0.3 is 6.09 Å². The molecule has 2 N–H and O–H groups in total. The van der Waals surface area contributed by atoms with Crippen LogP contribution in [0, 0.1) is 10.1 Å². The van der Waals surface area contributed by atoms with Gasteiger partial charge in [0.15, 0.2) is 0 Å². The minimum atomic E-state index is -0.662. The van der Waals surface area contributed by atoms with Crippen molar-refractivity contribution in [3.63, 3.8) is 0 Å². The number of likely N-dealkylation sites (tertiary alicyclic amines) is 1. The molecule has 1 aliphatic heterocycles. The Hall–Kier alpha value is -2.35. The molecule has 0 radical (unpaired) electrons. The molecule has 2 rings (SSSR count). The molecular formula is C15H22N4O4. The predicted octanol–water partition coefficient (Wildman–Crippen LogP) is 2.21. The molecule has 0 bridgehead atoms. The van der Waals surface area contributed by atoms with Crippen LogP contribution in [0.1, 0.15) is 19.3 Å². The lowest BCUT2D eigenvalue weighted by atomic mass is 10.1. The van der Waals surface area contributed by atoms with E-state index in [0.29, 0.717) is 12.2 Å². The van der Waals surface area contributed by atoms with Crippen molar-refractivity contribution in [3.05, 3.63) is 28.3 Å². The maximum Gasteiger partial charge on any atom is 0.412 e. The summed E-state index contributed by atoms with van der Waals surface area (Å²) < 4.78 is 4.92. The standard InChI is InChI=1S/C15H22N4O4/c1-16-15(20)23-12-5-6-13(14(11-12)19(21)22)17-7-10-18-8-3-2-4-9-18/h5-6,11,17H,2-4,7-10H2,1H3,(H,16,20). The summed E-state index contributed by atoms with van der Waals surface area (Å²) in [6.45, 7) is 3.66. The number of nitrogens with one attached hydrogen (secondary N) is 2. The van der Waals surface area contributed by atoms with Gasteiger partial charge in [-0.25, -0.2) is 4.79 Å². The number of nitro groups is 1. The first-order valence-corrected chi connectivity index (χ1v) is 7.74. The Labute approximate surface area is 134 Å². The van der Waals surface area contributed by atoms with Gasteiger partial charge in [0.05, 0.1) is 11.0 Å². The number of hydrogen-bond donors (Lipinski definition) is 2. The number of ether oxygens (including phenoxy) is 1. The summed E-state index contributed by atoms with van der Waals surface area (Å²) in [7, 11) is 1.42. The molecule has 1 heterocycles. The zero-order valence-electron chi connectivity index (χ0n) is 13.2. The quantitative estimate of drug-likeness (QED) is 0.616. The summed E-state index contributed by atoms with van der Waals surface area (Å²) in [6.07, 6.45) is 3.05. The molecule has 1 aromatic carbocycles. The van der Waals surface area contributed by atoms with Gasteiger partial charge in [0.25, 0.3) is 5.69 Å². The van der Waals surface area contributed by atoms with Crippen molar-refractivity contribution in [2.24, 2.45) is 0 Å². The summed E-state index contributed by atoms with van der Waals surface area (Å²) in [5, 5.41) is 16.6. The summed E-state index contributed by atoms with van der Waals surface area (Å²) in [6, 6.07) is 4.34. The number of anilines is 1. The monoisotopic (exact) mass is 322 g/mol. The molecule has 0 spiro atoms. The lowest BCUT2D eigenvalue weighted by Crippen LogP contribution is -2.33. The van der Waals surface area contributed by atoms with E-state index in [4.69, 9.17) is 4.74 Å². The van der Waals surface area contributed by atoms with Gasteiger partial charge in [-0.2, -0.15) is 0 Å². The first-order chi connectivity index (χ1) is 11.1. The van der Waals surface area contributed by atoms with Gasteiger partial charge in [-0.05, 0) is 38.1 Å². The van der Waals surface area contributed by atoms with E-state index in [1.165, 1.54) is 38.4 Å². The number of piperidine rings is 1. The van der Waals surface area contributed by atoms with E-state index in [-0.39, 0.29) is 11.4 Å². The molecule has 1 aromatic rings. The fraction of sp³-hybridized carbons (Fsp3) is 0.533. The SMILES string of the molecule is CNC(=O)Oc1ccc(NCCN2CCCCC2)c([N+](=O)[O-])c1. The molecule has 0 aliphatic carbocycles. The second-order valence-electron chi connectivity index (χ2n) is 5.40. The zero-order valence-corrected chi connectivity index (χ0v) is 13.2. The zero-order chi connectivity index (χ0) is 16.7. The van der Waals surface area contributed by atoms with Gasteiger partial charge in [0, 0.05) is 20.1 Å². The van der Waals surface area contributed by atoms with Gasteiger partial charge in [0.1, 0.15) is 11.4 Å². The molecule has 1 fully saturated rings. The smallest absolute Gasteiger partial charge is 0.410 e. The molecule has 0 saturated carbocycles. The van der Waals surface area contributed by atoms with Crippen LogP contribution in [0.5, 0.6) is 5.75 Å². The van der Waals surface area contributed by atoms with Crippen molar-refractivity contribution in [2.75, 3.05) is 38.5 Å². The summed E-state index contributed by atoms with van der Waals surface area (Å²) >= 11 is 0. The van der Waals surface area contributed by atoms with Crippen LogP contribution >= 0.6 is 0 Å². The highest BCUT2D eigenvalue weighted by molar-refractivity contribution is 5.72. The normalized spacial score (nSPS) is 15.0. The second-order valence-corrected chi connectivity index (χ2v) is 5.40. The first kappa shape index (κ1) is 17.0. The third-order valence-corrected chi connectivity index (χ3v) is 3.77. The average molecular weight is 322 g/mol. The van der Waals surface area contributed by atoms with Crippen LogP contribution in [0.15, 0.2) is 18.2 Å². The highest BCUT2D eigenvalue weighted by Crippen LogP contribution is 2.29. The second kappa shape index (κ2) is 8.33. The van der Waals surface area contributed by atoms with Crippen LogP contribution in [-0.2, 0) is 0 Å². The number of carbonyl (C=O) groups is 1. The van der Waals surface area contributed by atoms with Gasteiger partial charge < -0.3 is 20.3 Å². The first-order valence-electron chi connectivity index (χ1n) is 7.74. The van der Waals surface area contributed by atoms with Crippen LogP contribution in [0.4, 0.5) is 16.2 Å². The van der Waals surface area contributed by atoms with E-state index in [0.717, 1.165) is 19.6 Å². The fourth-order valence-electron chi connectivity index (χ4n) is 2.57. The third-order valence-electron chi connectivity index (χ3n) is 3.77. The minimum Gasteiger partial charge on any atom is -0.410 e. The third kappa shape index (κ3) is 5.10. The van der Waals surface area contributed by atoms with E-state index in [1.54, 1.807) is 6.07 Å². The van der Waals surface area contributed by atoms with Crippen molar-refractivity contribution in [2.45, 2.75) is 19.3 Å². The van der Waals surface area contributed by atoms with E-state index in [9.17, 15) is 14.9 Å². The van der Waals surface area contributed by atoms with Crippen LogP contribution in [0.3, 0.4) is 0 Å². The number of hydrogen-bond acceptors (Lipinski definition) is 6. The van der Waals surface area contributed by atoms with Crippen molar-refractivity contribution < 1.29 is 14.5 Å². The summed E-state index contributed by atoms with van der Waals surface area (Å²) in [5.74, 6) is 0.137. The van der Waals surface area contributed by atoms with Crippen molar-refractivity contribution >= 4 is 17.5 Å². The fourth-order valence-corrected chi connectivity index (χ4v) is 2.57.